The first-order valence-electron chi connectivity index (χ1n) is 7.04. The van der Waals surface area contributed by atoms with Crippen LogP contribution in [0.1, 0.15) is 39.0 Å². The van der Waals surface area contributed by atoms with Crippen LogP contribution in [0.3, 0.4) is 0 Å². The molecule has 1 fully saturated rings. The highest BCUT2D eigenvalue weighted by Crippen LogP contribution is 2.33. The summed E-state index contributed by atoms with van der Waals surface area (Å²) in [5.74, 6) is 0.872. The minimum absolute atomic E-state index is 0.573. The van der Waals surface area contributed by atoms with E-state index in [1.54, 1.807) is 11.3 Å². The van der Waals surface area contributed by atoms with Crippen LogP contribution in [0.2, 0.25) is 5.02 Å². The summed E-state index contributed by atoms with van der Waals surface area (Å²) in [4.78, 5) is 4.64. The first kappa shape index (κ1) is 13.2. The molecule has 0 spiro atoms. The molecule has 1 aliphatic rings. The van der Waals surface area contributed by atoms with E-state index in [0.717, 1.165) is 26.3 Å². The topological polar surface area (TPSA) is 24.9 Å². The summed E-state index contributed by atoms with van der Waals surface area (Å²) in [7, 11) is 0. The van der Waals surface area contributed by atoms with Gasteiger partial charge in [0.25, 0.3) is 0 Å². The van der Waals surface area contributed by atoms with Gasteiger partial charge in [-0.15, -0.1) is 0 Å². The summed E-state index contributed by atoms with van der Waals surface area (Å²) in [6, 6.07) is 6.49. The first-order chi connectivity index (χ1) is 9.22. The lowest BCUT2D eigenvalue weighted by Gasteiger charge is -2.15. The molecule has 0 radical (unpaired) electrons. The van der Waals surface area contributed by atoms with Crippen LogP contribution in [0.15, 0.2) is 18.2 Å². The maximum atomic E-state index is 6.20. The number of hydrogen-bond acceptors (Lipinski definition) is 3. The molecule has 0 bridgehead atoms. The quantitative estimate of drug-likeness (QED) is 0.757. The monoisotopic (exact) mass is 294 g/mol. The molecule has 2 unspecified atom stereocenters. The zero-order chi connectivity index (χ0) is 13.2. The minimum Gasteiger partial charge on any atom is -0.359 e. The van der Waals surface area contributed by atoms with Crippen LogP contribution in [0.4, 0.5) is 5.13 Å². The highest BCUT2D eigenvalue weighted by molar-refractivity contribution is 7.22. The van der Waals surface area contributed by atoms with Crippen molar-refractivity contribution >= 4 is 38.3 Å². The van der Waals surface area contributed by atoms with E-state index in [4.69, 9.17) is 11.6 Å². The van der Waals surface area contributed by atoms with E-state index in [-0.39, 0.29) is 0 Å². The van der Waals surface area contributed by atoms with Crippen LogP contribution in [0, 0.1) is 5.92 Å². The fraction of sp³-hybridized carbons (Fsp3) is 0.533. The normalized spacial score (nSPS) is 24.3. The van der Waals surface area contributed by atoms with Crippen molar-refractivity contribution in [2.75, 3.05) is 5.32 Å². The van der Waals surface area contributed by atoms with Crippen molar-refractivity contribution < 1.29 is 0 Å². The number of anilines is 1. The summed E-state index contributed by atoms with van der Waals surface area (Å²) < 4.78 is 1.09. The van der Waals surface area contributed by atoms with Crippen molar-refractivity contribution in [2.45, 2.75) is 45.1 Å². The van der Waals surface area contributed by atoms with Gasteiger partial charge in [0.1, 0.15) is 0 Å². The second-order valence-corrected chi connectivity index (χ2v) is 6.97. The van der Waals surface area contributed by atoms with E-state index in [2.05, 4.69) is 17.2 Å². The number of nitrogens with zero attached hydrogens (tertiary/aromatic N) is 1. The maximum Gasteiger partial charge on any atom is 0.184 e. The average molecular weight is 295 g/mol. The smallest absolute Gasteiger partial charge is 0.184 e. The number of rotatable bonds is 2. The van der Waals surface area contributed by atoms with Gasteiger partial charge in [0.05, 0.1) is 15.2 Å². The summed E-state index contributed by atoms with van der Waals surface area (Å²) >= 11 is 7.87. The highest BCUT2D eigenvalue weighted by Gasteiger charge is 2.17. The lowest BCUT2D eigenvalue weighted by Crippen LogP contribution is -2.18. The molecule has 2 atom stereocenters. The van der Waals surface area contributed by atoms with Gasteiger partial charge in [0.2, 0.25) is 0 Å². The number of nitrogens with one attached hydrogen (secondary N) is 1. The molecular formula is C15H19ClN2S. The van der Waals surface area contributed by atoms with Crippen LogP contribution >= 0.6 is 22.9 Å². The van der Waals surface area contributed by atoms with Crippen LogP contribution in [-0.4, -0.2) is 11.0 Å². The van der Waals surface area contributed by atoms with Gasteiger partial charge in [-0.25, -0.2) is 4.98 Å². The zero-order valence-electron chi connectivity index (χ0n) is 11.2. The van der Waals surface area contributed by atoms with Crippen LogP contribution in [-0.2, 0) is 0 Å². The van der Waals surface area contributed by atoms with E-state index in [1.165, 1.54) is 32.1 Å². The second-order valence-electron chi connectivity index (χ2n) is 5.56. The van der Waals surface area contributed by atoms with Gasteiger partial charge >= 0.3 is 0 Å². The minimum atomic E-state index is 0.573. The molecule has 2 aromatic rings. The molecule has 3 rings (SSSR count). The van der Waals surface area contributed by atoms with Gasteiger partial charge in [-0.05, 0) is 37.3 Å². The third kappa shape index (κ3) is 3.03. The molecule has 4 heteroatoms. The van der Waals surface area contributed by atoms with Gasteiger partial charge < -0.3 is 5.32 Å². The highest BCUT2D eigenvalue weighted by atomic mass is 35.5. The van der Waals surface area contributed by atoms with Crippen molar-refractivity contribution in [1.29, 1.82) is 0 Å². The van der Waals surface area contributed by atoms with Crippen LogP contribution < -0.4 is 5.32 Å². The Morgan fingerprint density at radius 3 is 3.00 bits per heavy atom. The fourth-order valence-electron chi connectivity index (χ4n) is 2.78. The van der Waals surface area contributed by atoms with Crippen molar-refractivity contribution in [1.82, 2.24) is 4.98 Å². The van der Waals surface area contributed by atoms with Crippen molar-refractivity contribution in [3.05, 3.63) is 23.2 Å². The molecule has 1 heterocycles. The Kier molecular flexibility index (Phi) is 3.94. The molecule has 1 saturated carbocycles. The van der Waals surface area contributed by atoms with Crippen molar-refractivity contribution in [3.8, 4) is 0 Å². The zero-order valence-corrected chi connectivity index (χ0v) is 12.7. The van der Waals surface area contributed by atoms with E-state index in [9.17, 15) is 0 Å². The molecule has 1 aliphatic carbocycles. The van der Waals surface area contributed by atoms with Gasteiger partial charge in [0, 0.05) is 6.04 Å². The summed E-state index contributed by atoms with van der Waals surface area (Å²) in [5.41, 5.74) is 1.00. The molecule has 0 saturated heterocycles. The third-order valence-electron chi connectivity index (χ3n) is 3.95. The molecule has 1 N–H and O–H groups in total. The molecular weight excluding hydrogens is 276 g/mol. The Hall–Kier alpha value is -0.800. The van der Waals surface area contributed by atoms with Crippen LogP contribution in [0.5, 0.6) is 0 Å². The third-order valence-corrected chi connectivity index (χ3v) is 5.41. The number of thiazole rings is 1. The Bertz CT molecular complexity index is 566. The van der Waals surface area contributed by atoms with Gasteiger partial charge in [-0.1, -0.05) is 48.8 Å². The number of fused-ring (bicyclic) bond motifs is 1. The Morgan fingerprint density at radius 2 is 2.16 bits per heavy atom. The standard InChI is InChI=1S/C15H19ClN2S/c1-10-4-2-5-11(9-8-10)17-15-18-13-7-3-6-12(16)14(13)19-15/h3,6-7,10-11H,2,4-5,8-9H2,1H3,(H,17,18). The molecule has 0 aliphatic heterocycles. The SMILES string of the molecule is CC1CCCC(Nc2nc3cccc(Cl)c3s2)CC1. The van der Waals surface area contributed by atoms with Gasteiger partial charge in [-0.3, -0.25) is 0 Å². The number of benzene rings is 1. The summed E-state index contributed by atoms with van der Waals surface area (Å²) in [6.45, 7) is 2.36. The predicted molar refractivity (Wildman–Crippen MR) is 84.3 cm³/mol. The molecule has 2 nitrogen and oxygen atoms in total. The summed E-state index contributed by atoms with van der Waals surface area (Å²) in [5, 5.41) is 5.43. The van der Waals surface area contributed by atoms with Crippen molar-refractivity contribution in [3.63, 3.8) is 0 Å². The first-order valence-corrected chi connectivity index (χ1v) is 8.23. The average Bonchev–Trinajstić information content (AvgIpc) is 2.69. The molecule has 1 aromatic heterocycles. The predicted octanol–water partition coefficient (Wildman–Crippen LogP) is 5.33. The number of halogens is 1. The largest absolute Gasteiger partial charge is 0.359 e. The van der Waals surface area contributed by atoms with E-state index in [0.29, 0.717) is 6.04 Å². The lowest BCUT2D eigenvalue weighted by molar-refractivity contribution is 0.502. The van der Waals surface area contributed by atoms with Gasteiger partial charge in [0.15, 0.2) is 5.13 Å². The number of hydrogen-bond donors (Lipinski definition) is 1. The van der Waals surface area contributed by atoms with E-state index in [1.807, 2.05) is 18.2 Å². The Morgan fingerprint density at radius 1 is 1.26 bits per heavy atom. The van der Waals surface area contributed by atoms with E-state index >= 15 is 0 Å². The van der Waals surface area contributed by atoms with Crippen molar-refractivity contribution in [2.24, 2.45) is 5.92 Å². The van der Waals surface area contributed by atoms with E-state index < -0.39 is 0 Å². The van der Waals surface area contributed by atoms with Gasteiger partial charge in [-0.2, -0.15) is 0 Å². The molecule has 102 valence electrons. The molecule has 1 aromatic carbocycles. The van der Waals surface area contributed by atoms with Crippen LogP contribution in [0.25, 0.3) is 10.2 Å². The second kappa shape index (κ2) is 5.68. The molecule has 0 amide bonds. The number of aromatic nitrogens is 1. The lowest BCUT2D eigenvalue weighted by atomic mass is 10.0. The molecule has 19 heavy (non-hydrogen) atoms. The fourth-order valence-corrected chi connectivity index (χ4v) is 4.02. The maximum absolute atomic E-state index is 6.20. The Balaban J connectivity index is 1.76. The summed E-state index contributed by atoms with van der Waals surface area (Å²) in [6.07, 6.45) is 6.52. The Labute approximate surface area is 123 Å².